The van der Waals surface area contributed by atoms with Crippen molar-refractivity contribution in [3.8, 4) is 0 Å². The number of fused-ring (bicyclic) bond motifs is 1. The lowest BCUT2D eigenvalue weighted by Crippen LogP contribution is -2.41. The SMILES string of the molecule is CCOC(=O)C1=NN(C(C)=O)[C@@H]2C(=O)N(Cc3ccccc3)C(=O)[C@H]12. The van der Waals surface area contributed by atoms with Crippen molar-refractivity contribution in [3.05, 3.63) is 35.9 Å². The number of hydrazone groups is 1. The lowest BCUT2D eigenvalue weighted by molar-refractivity contribution is -0.144. The van der Waals surface area contributed by atoms with Crippen molar-refractivity contribution in [2.75, 3.05) is 6.61 Å². The van der Waals surface area contributed by atoms with Crippen molar-refractivity contribution in [1.82, 2.24) is 9.91 Å². The van der Waals surface area contributed by atoms with Crippen LogP contribution < -0.4 is 0 Å². The number of amides is 3. The number of nitrogens with zero attached hydrogens (tertiary/aromatic N) is 3. The van der Waals surface area contributed by atoms with Gasteiger partial charge in [-0.05, 0) is 12.5 Å². The Labute approximate surface area is 144 Å². The van der Waals surface area contributed by atoms with Crippen LogP contribution in [0.15, 0.2) is 35.4 Å². The highest BCUT2D eigenvalue weighted by Crippen LogP contribution is 2.33. The molecule has 1 saturated heterocycles. The highest BCUT2D eigenvalue weighted by molar-refractivity contribution is 6.44. The summed E-state index contributed by atoms with van der Waals surface area (Å²) in [5, 5.41) is 4.80. The first-order valence-electron chi connectivity index (χ1n) is 7.90. The number of benzene rings is 1. The van der Waals surface area contributed by atoms with Crippen LogP contribution in [0.5, 0.6) is 0 Å². The Morgan fingerprint density at radius 2 is 1.84 bits per heavy atom. The number of likely N-dealkylation sites (tertiary alicyclic amines) is 1. The van der Waals surface area contributed by atoms with E-state index in [0.717, 1.165) is 15.5 Å². The first kappa shape index (κ1) is 16.8. The van der Waals surface area contributed by atoms with Gasteiger partial charge in [-0.15, -0.1) is 0 Å². The summed E-state index contributed by atoms with van der Waals surface area (Å²) in [4.78, 5) is 50.5. The lowest BCUT2D eigenvalue weighted by atomic mass is 9.98. The molecule has 8 nitrogen and oxygen atoms in total. The summed E-state index contributed by atoms with van der Waals surface area (Å²) in [5.74, 6) is -3.51. The topological polar surface area (TPSA) is 96.3 Å². The van der Waals surface area contributed by atoms with Crippen LogP contribution in [0.1, 0.15) is 19.4 Å². The number of hydrogen-bond donors (Lipinski definition) is 0. The molecular formula is C17H17N3O5. The average molecular weight is 343 g/mol. The minimum atomic E-state index is -1.12. The van der Waals surface area contributed by atoms with E-state index in [1.807, 2.05) is 6.07 Å². The fourth-order valence-corrected chi connectivity index (χ4v) is 3.03. The van der Waals surface area contributed by atoms with Crippen molar-refractivity contribution < 1.29 is 23.9 Å². The maximum atomic E-state index is 12.8. The number of esters is 1. The second-order valence-electron chi connectivity index (χ2n) is 5.74. The molecule has 1 aromatic carbocycles. The van der Waals surface area contributed by atoms with E-state index in [2.05, 4.69) is 5.10 Å². The molecule has 0 radical (unpaired) electrons. The molecule has 0 bridgehead atoms. The Morgan fingerprint density at radius 1 is 1.16 bits per heavy atom. The largest absolute Gasteiger partial charge is 0.461 e. The number of rotatable bonds is 4. The summed E-state index contributed by atoms with van der Waals surface area (Å²) in [6, 6.07) is 7.89. The molecule has 1 aromatic rings. The van der Waals surface area contributed by atoms with E-state index < -0.39 is 35.7 Å². The van der Waals surface area contributed by atoms with Gasteiger partial charge in [-0.2, -0.15) is 5.10 Å². The summed E-state index contributed by atoms with van der Waals surface area (Å²) in [7, 11) is 0. The van der Waals surface area contributed by atoms with E-state index in [-0.39, 0.29) is 18.9 Å². The molecule has 0 spiro atoms. The molecule has 0 saturated carbocycles. The van der Waals surface area contributed by atoms with E-state index in [0.29, 0.717) is 0 Å². The second kappa shape index (κ2) is 6.46. The molecule has 1 fully saturated rings. The zero-order valence-corrected chi connectivity index (χ0v) is 13.8. The van der Waals surface area contributed by atoms with Gasteiger partial charge in [0.2, 0.25) is 11.8 Å². The number of imide groups is 1. The number of carbonyl (C=O) groups is 4. The molecule has 3 rings (SSSR count). The summed E-state index contributed by atoms with van der Waals surface area (Å²) >= 11 is 0. The quantitative estimate of drug-likeness (QED) is 0.579. The molecule has 25 heavy (non-hydrogen) atoms. The van der Waals surface area contributed by atoms with Gasteiger partial charge >= 0.3 is 5.97 Å². The van der Waals surface area contributed by atoms with E-state index in [1.165, 1.54) is 6.92 Å². The normalized spacial score (nSPS) is 22.1. The summed E-state index contributed by atoms with van der Waals surface area (Å²) < 4.78 is 4.91. The minimum absolute atomic E-state index is 0.0767. The minimum Gasteiger partial charge on any atom is -0.461 e. The van der Waals surface area contributed by atoms with Gasteiger partial charge in [0.25, 0.3) is 5.91 Å². The fourth-order valence-electron chi connectivity index (χ4n) is 3.03. The lowest BCUT2D eigenvalue weighted by Gasteiger charge is -2.19. The van der Waals surface area contributed by atoms with Crippen molar-refractivity contribution in [3.63, 3.8) is 0 Å². The second-order valence-corrected chi connectivity index (χ2v) is 5.74. The number of ether oxygens (including phenoxy) is 1. The summed E-state index contributed by atoms with van der Waals surface area (Å²) in [5.41, 5.74) is 0.573. The molecule has 0 unspecified atom stereocenters. The van der Waals surface area contributed by atoms with Gasteiger partial charge in [-0.3, -0.25) is 19.3 Å². The third-order valence-electron chi connectivity index (χ3n) is 4.13. The van der Waals surface area contributed by atoms with E-state index >= 15 is 0 Å². The Kier molecular flexibility index (Phi) is 4.35. The smallest absolute Gasteiger partial charge is 0.355 e. The van der Waals surface area contributed by atoms with Crippen molar-refractivity contribution in [1.29, 1.82) is 0 Å². The van der Waals surface area contributed by atoms with Crippen LogP contribution in [0.4, 0.5) is 0 Å². The molecule has 2 aliphatic rings. The van der Waals surface area contributed by atoms with Gasteiger partial charge in [0.1, 0.15) is 5.92 Å². The number of hydrogen-bond acceptors (Lipinski definition) is 6. The first-order chi connectivity index (χ1) is 12.0. The molecule has 2 atom stereocenters. The van der Waals surface area contributed by atoms with Gasteiger partial charge in [0, 0.05) is 6.92 Å². The Morgan fingerprint density at radius 3 is 2.44 bits per heavy atom. The summed E-state index contributed by atoms with van der Waals surface area (Å²) in [6.07, 6.45) is 0. The average Bonchev–Trinajstić information content (AvgIpc) is 3.09. The molecule has 130 valence electrons. The van der Waals surface area contributed by atoms with Gasteiger partial charge in [-0.25, -0.2) is 9.80 Å². The monoisotopic (exact) mass is 343 g/mol. The van der Waals surface area contributed by atoms with E-state index in [4.69, 9.17) is 4.74 Å². The Hall–Kier alpha value is -3.03. The zero-order valence-electron chi connectivity index (χ0n) is 13.8. The molecule has 0 aliphatic carbocycles. The molecule has 2 heterocycles. The third-order valence-corrected chi connectivity index (χ3v) is 4.13. The Balaban J connectivity index is 1.93. The molecule has 2 aliphatic heterocycles. The van der Waals surface area contributed by atoms with Crippen LogP contribution in [0.2, 0.25) is 0 Å². The Bertz CT molecular complexity index is 774. The fraction of sp³-hybridized carbons (Fsp3) is 0.353. The van der Waals surface area contributed by atoms with E-state index in [1.54, 1.807) is 31.2 Å². The molecule has 0 N–H and O–H groups in total. The molecular weight excluding hydrogens is 326 g/mol. The van der Waals surface area contributed by atoms with Gasteiger partial charge in [0.05, 0.1) is 13.2 Å². The highest BCUT2D eigenvalue weighted by Gasteiger charge is 2.59. The zero-order chi connectivity index (χ0) is 18.1. The van der Waals surface area contributed by atoms with Gasteiger partial charge in [0.15, 0.2) is 11.8 Å². The maximum absolute atomic E-state index is 12.8. The van der Waals surface area contributed by atoms with Crippen molar-refractivity contribution in [2.45, 2.75) is 26.4 Å². The van der Waals surface area contributed by atoms with Crippen molar-refractivity contribution >= 4 is 29.4 Å². The first-order valence-corrected chi connectivity index (χ1v) is 7.90. The van der Waals surface area contributed by atoms with Crippen LogP contribution in [0, 0.1) is 5.92 Å². The van der Waals surface area contributed by atoms with E-state index in [9.17, 15) is 19.2 Å². The predicted molar refractivity (Wildman–Crippen MR) is 85.9 cm³/mol. The third kappa shape index (κ3) is 2.79. The molecule has 3 amide bonds. The maximum Gasteiger partial charge on any atom is 0.355 e. The van der Waals surface area contributed by atoms with Gasteiger partial charge in [-0.1, -0.05) is 30.3 Å². The molecule has 0 aromatic heterocycles. The predicted octanol–water partition coefficient (Wildman–Crippen LogP) is 0.321. The molecule has 8 heteroatoms. The van der Waals surface area contributed by atoms with Crippen LogP contribution in [0.25, 0.3) is 0 Å². The van der Waals surface area contributed by atoms with Crippen LogP contribution >= 0.6 is 0 Å². The van der Waals surface area contributed by atoms with Crippen LogP contribution in [0.3, 0.4) is 0 Å². The summed E-state index contributed by atoms with van der Waals surface area (Å²) in [6.45, 7) is 3.03. The van der Waals surface area contributed by atoms with Crippen LogP contribution in [-0.4, -0.2) is 52.0 Å². The van der Waals surface area contributed by atoms with Crippen molar-refractivity contribution in [2.24, 2.45) is 11.0 Å². The highest BCUT2D eigenvalue weighted by atomic mass is 16.5. The number of carbonyl (C=O) groups excluding carboxylic acids is 4. The van der Waals surface area contributed by atoms with Gasteiger partial charge < -0.3 is 4.74 Å². The standard InChI is InChI=1S/C17H17N3O5/c1-3-25-17(24)13-12-14(20(18-13)10(2)21)16(23)19(15(12)22)9-11-7-5-4-6-8-11/h4-8,12,14H,3,9H2,1-2H3/t12-,14+/m1/s1. The van der Waals surface area contributed by atoms with Crippen LogP contribution in [-0.2, 0) is 30.5 Å².